The maximum Gasteiger partial charge on any atom is 0.230 e. The Bertz CT molecular complexity index is 832. The molecule has 1 amide bonds. The van der Waals surface area contributed by atoms with Crippen LogP contribution in [0.15, 0.2) is 64.9 Å². The number of ether oxygens (including phenoxy) is 1. The van der Waals surface area contributed by atoms with Gasteiger partial charge in [-0.3, -0.25) is 9.69 Å². The molecule has 4 nitrogen and oxygen atoms in total. The average molecular weight is 370 g/mol. The molecule has 6 heteroatoms. The van der Waals surface area contributed by atoms with Crippen LogP contribution in [0.5, 0.6) is 5.75 Å². The molecule has 0 N–H and O–H groups in total. The lowest BCUT2D eigenvalue weighted by Crippen LogP contribution is -2.22. The molecule has 2 aromatic carbocycles. The number of benzene rings is 2. The average Bonchev–Trinajstić information content (AvgIpc) is 3.09. The normalized spacial score (nSPS) is 10.5. The highest BCUT2D eigenvalue weighted by atomic mass is 32.2. The van der Waals surface area contributed by atoms with E-state index in [0.29, 0.717) is 5.13 Å². The number of hydrogen-bond acceptors (Lipinski definition) is 5. The second-order valence-corrected chi connectivity index (χ2v) is 7.16. The molecular weight excluding hydrogens is 352 g/mol. The first-order valence-corrected chi connectivity index (χ1v) is 9.61. The van der Waals surface area contributed by atoms with Crippen LogP contribution in [0.3, 0.4) is 0 Å². The highest BCUT2D eigenvalue weighted by Gasteiger charge is 2.17. The number of carbonyl (C=O) groups is 1. The van der Waals surface area contributed by atoms with Gasteiger partial charge in [-0.05, 0) is 36.4 Å². The van der Waals surface area contributed by atoms with E-state index in [2.05, 4.69) is 4.98 Å². The van der Waals surface area contributed by atoms with Crippen LogP contribution < -0.4 is 9.64 Å². The van der Waals surface area contributed by atoms with E-state index in [1.165, 1.54) is 11.3 Å². The summed E-state index contributed by atoms with van der Waals surface area (Å²) in [5.74, 6) is 1.55. The molecule has 0 saturated heterocycles. The molecule has 1 heterocycles. The van der Waals surface area contributed by atoms with E-state index in [0.717, 1.165) is 27.8 Å². The van der Waals surface area contributed by atoms with Crippen LogP contribution in [0.1, 0.15) is 12.6 Å². The van der Waals surface area contributed by atoms with Crippen LogP contribution in [0, 0.1) is 0 Å². The molecule has 128 valence electrons. The number of nitrogens with zero attached hydrogens (tertiary/aromatic N) is 2. The summed E-state index contributed by atoms with van der Waals surface area (Å²) in [6.07, 6.45) is 0. The van der Waals surface area contributed by atoms with Crippen molar-refractivity contribution in [2.24, 2.45) is 0 Å². The monoisotopic (exact) mass is 370 g/mol. The van der Waals surface area contributed by atoms with Crippen molar-refractivity contribution in [3.8, 4) is 5.75 Å². The van der Waals surface area contributed by atoms with Crippen LogP contribution in [0.4, 0.5) is 10.8 Å². The minimum Gasteiger partial charge on any atom is -0.497 e. The Balaban J connectivity index is 1.71. The van der Waals surface area contributed by atoms with Gasteiger partial charge in [0, 0.05) is 23.0 Å². The van der Waals surface area contributed by atoms with E-state index >= 15 is 0 Å². The van der Waals surface area contributed by atoms with Crippen molar-refractivity contribution >= 4 is 39.8 Å². The zero-order chi connectivity index (χ0) is 17.6. The third-order valence-corrected chi connectivity index (χ3v) is 5.43. The molecule has 0 atom stereocenters. The number of carbonyl (C=O) groups excluding carboxylic acids is 1. The number of amides is 1. The lowest BCUT2D eigenvalue weighted by molar-refractivity contribution is -0.115. The molecule has 3 aromatic rings. The molecule has 0 aliphatic heterocycles. The first kappa shape index (κ1) is 17.5. The maximum absolute atomic E-state index is 12.1. The van der Waals surface area contributed by atoms with Crippen molar-refractivity contribution in [1.82, 2.24) is 4.98 Å². The second kappa shape index (κ2) is 8.18. The molecule has 0 saturated carbocycles. The predicted molar refractivity (Wildman–Crippen MR) is 104 cm³/mol. The number of hydrogen-bond donors (Lipinski definition) is 0. The highest BCUT2D eigenvalue weighted by Crippen LogP contribution is 2.31. The summed E-state index contributed by atoms with van der Waals surface area (Å²) in [6, 6.07) is 17.5. The van der Waals surface area contributed by atoms with Gasteiger partial charge in [0.05, 0.1) is 18.5 Å². The number of aromatic nitrogens is 1. The van der Waals surface area contributed by atoms with Gasteiger partial charge in [-0.15, -0.1) is 23.1 Å². The largest absolute Gasteiger partial charge is 0.497 e. The van der Waals surface area contributed by atoms with Crippen LogP contribution in [0.25, 0.3) is 0 Å². The fraction of sp³-hybridized carbons (Fsp3) is 0.158. The first-order chi connectivity index (χ1) is 12.2. The van der Waals surface area contributed by atoms with Gasteiger partial charge in [0.25, 0.3) is 0 Å². The topological polar surface area (TPSA) is 42.4 Å². The van der Waals surface area contributed by atoms with E-state index in [1.807, 2.05) is 60.0 Å². The van der Waals surface area contributed by atoms with Gasteiger partial charge in [0.1, 0.15) is 5.75 Å². The quantitative estimate of drug-likeness (QED) is 0.564. The Kier molecular flexibility index (Phi) is 5.73. The van der Waals surface area contributed by atoms with Gasteiger partial charge in [0.2, 0.25) is 5.91 Å². The van der Waals surface area contributed by atoms with E-state index in [1.54, 1.807) is 30.7 Å². The van der Waals surface area contributed by atoms with Gasteiger partial charge in [-0.1, -0.05) is 18.2 Å². The van der Waals surface area contributed by atoms with E-state index in [9.17, 15) is 4.79 Å². The van der Waals surface area contributed by atoms with Gasteiger partial charge < -0.3 is 4.74 Å². The molecule has 1 aromatic heterocycles. The van der Waals surface area contributed by atoms with Crippen LogP contribution in [-0.4, -0.2) is 18.0 Å². The SMILES string of the molecule is COc1ccc(SCc2csc(N(C(C)=O)c3ccccc3)n2)cc1. The molecule has 0 radical (unpaired) electrons. The maximum atomic E-state index is 12.1. The molecule has 0 spiro atoms. The Morgan fingerprint density at radius 2 is 1.88 bits per heavy atom. The third kappa shape index (κ3) is 4.41. The summed E-state index contributed by atoms with van der Waals surface area (Å²) in [4.78, 5) is 19.5. The minimum atomic E-state index is -0.0464. The summed E-state index contributed by atoms with van der Waals surface area (Å²) in [5, 5.41) is 2.70. The van der Waals surface area contributed by atoms with Crippen molar-refractivity contribution < 1.29 is 9.53 Å². The minimum absolute atomic E-state index is 0.0464. The first-order valence-electron chi connectivity index (χ1n) is 7.74. The fourth-order valence-corrected chi connectivity index (χ4v) is 4.08. The van der Waals surface area contributed by atoms with E-state index in [-0.39, 0.29) is 5.91 Å². The summed E-state index contributed by atoms with van der Waals surface area (Å²) < 4.78 is 5.17. The number of methoxy groups -OCH3 is 1. The smallest absolute Gasteiger partial charge is 0.230 e. The zero-order valence-corrected chi connectivity index (χ0v) is 15.6. The van der Waals surface area contributed by atoms with Gasteiger partial charge >= 0.3 is 0 Å². The standard InChI is InChI=1S/C19H18N2O2S2/c1-14(22)21(16-6-4-3-5-7-16)19-20-15(13-25-19)12-24-18-10-8-17(23-2)9-11-18/h3-11,13H,12H2,1-2H3. The molecular formula is C19H18N2O2S2. The predicted octanol–water partition coefficient (Wildman–Crippen LogP) is 5.13. The van der Waals surface area contributed by atoms with Crippen molar-refractivity contribution in [3.63, 3.8) is 0 Å². The Labute approximate surface area is 155 Å². The van der Waals surface area contributed by atoms with Gasteiger partial charge in [-0.25, -0.2) is 4.98 Å². The van der Waals surface area contributed by atoms with Crippen molar-refractivity contribution in [1.29, 1.82) is 0 Å². The lowest BCUT2D eigenvalue weighted by Gasteiger charge is -2.17. The summed E-state index contributed by atoms with van der Waals surface area (Å²) in [6.45, 7) is 1.56. The van der Waals surface area contributed by atoms with Crippen LogP contribution >= 0.6 is 23.1 Å². The Hall–Kier alpha value is -2.31. The fourth-order valence-electron chi connectivity index (χ4n) is 2.30. The summed E-state index contributed by atoms with van der Waals surface area (Å²) >= 11 is 3.19. The van der Waals surface area contributed by atoms with Gasteiger partial charge in [-0.2, -0.15) is 0 Å². The zero-order valence-electron chi connectivity index (χ0n) is 14.0. The molecule has 0 aliphatic carbocycles. The second-order valence-electron chi connectivity index (χ2n) is 5.28. The molecule has 0 fully saturated rings. The van der Waals surface area contributed by atoms with Crippen LogP contribution in [0.2, 0.25) is 0 Å². The summed E-state index contributed by atoms with van der Waals surface area (Å²) in [7, 11) is 1.66. The van der Waals surface area contributed by atoms with Crippen LogP contribution in [-0.2, 0) is 10.5 Å². The Morgan fingerprint density at radius 1 is 1.16 bits per heavy atom. The van der Waals surface area contributed by atoms with Crippen molar-refractivity contribution in [2.75, 3.05) is 12.0 Å². The highest BCUT2D eigenvalue weighted by molar-refractivity contribution is 7.98. The Morgan fingerprint density at radius 3 is 2.52 bits per heavy atom. The number of thioether (sulfide) groups is 1. The van der Waals surface area contributed by atoms with Gasteiger partial charge in [0.15, 0.2) is 5.13 Å². The molecule has 0 unspecified atom stereocenters. The summed E-state index contributed by atoms with van der Waals surface area (Å²) in [5.41, 5.74) is 1.79. The van der Waals surface area contributed by atoms with Crippen molar-refractivity contribution in [2.45, 2.75) is 17.6 Å². The lowest BCUT2D eigenvalue weighted by atomic mass is 10.3. The van der Waals surface area contributed by atoms with Crippen molar-refractivity contribution in [3.05, 3.63) is 65.7 Å². The number of para-hydroxylation sites is 1. The van der Waals surface area contributed by atoms with E-state index < -0.39 is 0 Å². The molecule has 25 heavy (non-hydrogen) atoms. The third-order valence-electron chi connectivity index (χ3n) is 3.51. The number of rotatable bonds is 6. The van der Waals surface area contributed by atoms with E-state index in [4.69, 9.17) is 4.74 Å². The number of thiazole rings is 1. The molecule has 0 aliphatic rings. The molecule has 3 rings (SSSR count). The number of anilines is 2. The molecule has 0 bridgehead atoms.